The number of carbonyl (C=O) groups is 2. The Morgan fingerprint density at radius 3 is 2.19 bits per heavy atom. The van der Waals surface area contributed by atoms with E-state index in [0.717, 1.165) is 11.1 Å². The zero-order chi connectivity index (χ0) is 20.0. The molecule has 0 aliphatic heterocycles. The second kappa shape index (κ2) is 8.71. The number of benzene rings is 2. The van der Waals surface area contributed by atoms with Crippen molar-refractivity contribution >= 4 is 17.7 Å². The fourth-order valence-electron chi connectivity index (χ4n) is 2.69. The lowest BCUT2D eigenvalue weighted by atomic mass is 10.0. The molecule has 5 nitrogen and oxygen atoms in total. The molecule has 0 heterocycles. The minimum absolute atomic E-state index is 0.242. The monoisotopic (exact) mass is 369 g/mol. The van der Waals surface area contributed by atoms with Gasteiger partial charge in [-0.25, -0.2) is 9.59 Å². The first-order chi connectivity index (χ1) is 12.7. The van der Waals surface area contributed by atoms with Gasteiger partial charge in [-0.15, -0.1) is 0 Å². The van der Waals surface area contributed by atoms with Crippen LogP contribution >= 0.6 is 0 Å². The molecule has 0 bridgehead atoms. The number of hydrogen-bond acceptors (Lipinski definition) is 4. The summed E-state index contributed by atoms with van der Waals surface area (Å²) in [5, 5.41) is 0. The van der Waals surface area contributed by atoms with Crippen LogP contribution in [0, 0.1) is 0 Å². The van der Waals surface area contributed by atoms with E-state index in [-0.39, 0.29) is 6.61 Å². The van der Waals surface area contributed by atoms with E-state index in [0.29, 0.717) is 5.69 Å². The summed E-state index contributed by atoms with van der Waals surface area (Å²) in [6, 6.07) is 16.3. The van der Waals surface area contributed by atoms with E-state index in [1.807, 2.05) is 54.6 Å². The molecule has 0 aliphatic rings. The molecule has 0 fully saturated rings. The maximum absolute atomic E-state index is 13.0. The quantitative estimate of drug-likeness (QED) is 0.692. The lowest BCUT2D eigenvalue weighted by Gasteiger charge is -2.32. The van der Waals surface area contributed by atoms with Crippen LogP contribution < -0.4 is 4.90 Å². The maximum atomic E-state index is 13.0. The second-order valence-electron chi connectivity index (χ2n) is 7.16. The van der Waals surface area contributed by atoms with Crippen molar-refractivity contribution in [3.05, 3.63) is 54.6 Å². The number of rotatable bonds is 5. The molecule has 0 saturated carbocycles. The van der Waals surface area contributed by atoms with Crippen LogP contribution in [0.15, 0.2) is 54.6 Å². The molecule has 0 aliphatic carbocycles. The minimum atomic E-state index is -0.829. The van der Waals surface area contributed by atoms with Gasteiger partial charge in [-0.3, -0.25) is 4.90 Å². The van der Waals surface area contributed by atoms with Crippen LogP contribution in [0.25, 0.3) is 11.1 Å². The van der Waals surface area contributed by atoms with E-state index >= 15 is 0 Å². The third-order valence-electron chi connectivity index (χ3n) is 3.85. The van der Waals surface area contributed by atoms with Gasteiger partial charge in [0.25, 0.3) is 0 Å². The van der Waals surface area contributed by atoms with Gasteiger partial charge in [-0.05, 0) is 46.2 Å². The van der Waals surface area contributed by atoms with Gasteiger partial charge in [0.1, 0.15) is 11.6 Å². The Kier molecular flexibility index (Phi) is 6.61. The number of amides is 1. The van der Waals surface area contributed by atoms with E-state index in [4.69, 9.17) is 9.47 Å². The first-order valence-corrected chi connectivity index (χ1v) is 9.08. The highest BCUT2D eigenvalue weighted by molar-refractivity contribution is 5.99. The predicted molar refractivity (Wildman–Crippen MR) is 107 cm³/mol. The number of esters is 1. The average molecular weight is 369 g/mol. The Morgan fingerprint density at radius 2 is 1.59 bits per heavy atom. The highest BCUT2D eigenvalue weighted by atomic mass is 16.6. The van der Waals surface area contributed by atoms with Gasteiger partial charge in [0.2, 0.25) is 0 Å². The minimum Gasteiger partial charge on any atom is -0.464 e. The number of nitrogens with zero attached hydrogens (tertiary/aromatic N) is 1. The van der Waals surface area contributed by atoms with Crippen molar-refractivity contribution in [2.75, 3.05) is 11.5 Å². The molecular formula is C22H27NO4. The van der Waals surface area contributed by atoms with Gasteiger partial charge in [-0.2, -0.15) is 0 Å². The highest BCUT2D eigenvalue weighted by Gasteiger charge is 2.33. The smallest absolute Gasteiger partial charge is 0.415 e. The van der Waals surface area contributed by atoms with Crippen LogP contribution in [0.3, 0.4) is 0 Å². The van der Waals surface area contributed by atoms with E-state index < -0.39 is 23.7 Å². The Morgan fingerprint density at radius 1 is 1.00 bits per heavy atom. The lowest BCUT2D eigenvalue weighted by molar-refractivity contribution is -0.144. The summed E-state index contributed by atoms with van der Waals surface area (Å²) in [4.78, 5) is 26.8. The van der Waals surface area contributed by atoms with Gasteiger partial charge in [0.15, 0.2) is 0 Å². The van der Waals surface area contributed by atoms with Crippen LogP contribution in [-0.2, 0) is 14.3 Å². The third-order valence-corrected chi connectivity index (χ3v) is 3.85. The number of carbonyl (C=O) groups excluding carboxylic acids is 2. The molecule has 1 amide bonds. The molecule has 2 rings (SSSR count). The average Bonchev–Trinajstić information content (AvgIpc) is 2.61. The van der Waals surface area contributed by atoms with Crippen molar-refractivity contribution in [1.29, 1.82) is 0 Å². The second-order valence-corrected chi connectivity index (χ2v) is 7.16. The van der Waals surface area contributed by atoms with Gasteiger partial charge in [-0.1, -0.05) is 48.5 Å². The Hall–Kier alpha value is -2.82. The van der Waals surface area contributed by atoms with E-state index in [9.17, 15) is 9.59 Å². The van der Waals surface area contributed by atoms with Gasteiger partial charge >= 0.3 is 12.1 Å². The van der Waals surface area contributed by atoms with Crippen molar-refractivity contribution in [3.8, 4) is 11.1 Å². The normalized spacial score (nSPS) is 12.2. The van der Waals surface area contributed by atoms with Gasteiger partial charge in [0, 0.05) is 5.56 Å². The van der Waals surface area contributed by atoms with Crippen molar-refractivity contribution in [2.24, 2.45) is 0 Å². The maximum Gasteiger partial charge on any atom is 0.415 e. The van der Waals surface area contributed by atoms with Gasteiger partial charge in [0.05, 0.1) is 12.3 Å². The fourth-order valence-corrected chi connectivity index (χ4v) is 2.69. The number of ether oxygens (including phenoxy) is 2. The van der Waals surface area contributed by atoms with Gasteiger partial charge < -0.3 is 9.47 Å². The highest BCUT2D eigenvalue weighted by Crippen LogP contribution is 2.33. The summed E-state index contributed by atoms with van der Waals surface area (Å²) < 4.78 is 10.7. The van der Waals surface area contributed by atoms with Crippen LogP contribution in [-0.4, -0.2) is 30.3 Å². The largest absolute Gasteiger partial charge is 0.464 e. The molecule has 0 saturated heterocycles. The van der Waals surface area contributed by atoms with Crippen LogP contribution in [0.2, 0.25) is 0 Å². The first kappa shape index (κ1) is 20.5. The van der Waals surface area contributed by atoms with Crippen LogP contribution in [0.1, 0.15) is 34.6 Å². The molecule has 0 radical (unpaired) electrons. The third kappa shape index (κ3) is 5.33. The Bertz CT molecular complexity index is 780. The van der Waals surface area contributed by atoms with Crippen molar-refractivity contribution < 1.29 is 19.1 Å². The summed E-state index contributed by atoms with van der Waals surface area (Å²) in [7, 11) is 0. The predicted octanol–water partition coefficient (Wildman–Crippen LogP) is 5.05. The van der Waals surface area contributed by atoms with Crippen molar-refractivity contribution in [1.82, 2.24) is 0 Å². The van der Waals surface area contributed by atoms with E-state index in [2.05, 4.69) is 0 Å². The molecule has 0 aromatic heterocycles. The number of para-hydroxylation sites is 1. The molecular weight excluding hydrogens is 342 g/mol. The molecule has 2 aromatic carbocycles. The number of hydrogen-bond donors (Lipinski definition) is 0. The standard InChI is InChI=1S/C22H27NO4/c1-6-26-20(24)16(2)23(21(25)27-22(3,4)5)19-15-11-10-14-18(19)17-12-8-7-9-13-17/h7-16H,6H2,1-5H3/t16-/m0/s1. The van der Waals surface area contributed by atoms with Crippen molar-refractivity contribution in [2.45, 2.75) is 46.3 Å². The summed E-state index contributed by atoms with van der Waals surface area (Å²) in [5.41, 5.74) is 1.68. The summed E-state index contributed by atoms with van der Waals surface area (Å²) in [6.45, 7) is 9.00. The first-order valence-electron chi connectivity index (χ1n) is 9.08. The van der Waals surface area contributed by atoms with Crippen LogP contribution in [0.5, 0.6) is 0 Å². The molecule has 1 atom stereocenters. The SMILES string of the molecule is CCOC(=O)[C@H](C)N(C(=O)OC(C)(C)C)c1ccccc1-c1ccccc1. The molecule has 27 heavy (non-hydrogen) atoms. The summed E-state index contributed by atoms with van der Waals surface area (Å²) in [5.74, 6) is -0.480. The molecule has 5 heteroatoms. The fraction of sp³-hybridized carbons (Fsp3) is 0.364. The summed E-state index contributed by atoms with van der Waals surface area (Å²) in [6.07, 6.45) is -0.591. The summed E-state index contributed by atoms with van der Waals surface area (Å²) >= 11 is 0. The lowest BCUT2D eigenvalue weighted by Crippen LogP contribution is -2.47. The Balaban J connectivity index is 2.54. The van der Waals surface area contributed by atoms with Crippen LogP contribution in [0.4, 0.5) is 10.5 Å². The van der Waals surface area contributed by atoms with E-state index in [1.54, 1.807) is 34.6 Å². The molecule has 0 N–H and O–H groups in total. The van der Waals surface area contributed by atoms with Crippen molar-refractivity contribution in [3.63, 3.8) is 0 Å². The zero-order valence-corrected chi connectivity index (χ0v) is 16.6. The molecule has 0 unspecified atom stereocenters. The number of anilines is 1. The van der Waals surface area contributed by atoms with E-state index in [1.165, 1.54) is 4.90 Å². The molecule has 2 aromatic rings. The zero-order valence-electron chi connectivity index (χ0n) is 16.6. The molecule has 144 valence electrons. The molecule has 0 spiro atoms. The Labute approximate surface area is 160 Å². The topological polar surface area (TPSA) is 55.8 Å².